The van der Waals surface area contributed by atoms with Gasteiger partial charge in [0.15, 0.2) is 17.4 Å². The molecule has 2 rings (SSSR count). The van der Waals surface area contributed by atoms with Crippen molar-refractivity contribution in [2.45, 2.75) is 30.6 Å². The third-order valence-electron chi connectivity index (χ3n) is 3.24. The van der Waals surface area contributed by atoms with Crippen molar-refractivity contribution in [3.8, 4) is 5.75 Å². The molecule has 1 saturated carbocycles. The van der Waals surface area contributed by atoms with Gasteiger partial charge in [-0.3, -0.25) is 0 Å². The SMILES string of the molecule is NS(=O)(=O)c1cc(F)c(OCC2CCCC2)c(F)c1. The molecular formula is C12H15F2NO3S. The highest BCUT2D eigenvalue weighted by atomic mass is 32.2. The second kappa shape index (κ2) is 5.42. The molecule has 4 nitrogen and oxygen atoms in total. The Balaban J connectivity index is 2.17. The molecule has 0 heterocycles. The molecule has 0 atom stereocenters. The van der Waals surface area contributed by atoms with Crippen molar-refractivity contribution in [3.05, 3.63) is 23.8 Å². The first kappa shape index (κ1) is 14.2. The summed E-state index contributed by atoms with van der Waals surface area (Å²) in [6, 6.07) is 1.34. The van der Waals surface area contributed by atoms with E-state index in [0.717, 1.165) is 25.7 Å². The third kappa shape index (κ3) is 3.42. The van der Waals surface area contributed by atoms with Gasteiger partial charge in [0.25, 0.3) is 0 Å². The number of hydrogen-bond donors (Lipinski definition) is 1. The van der Waals surface area contributed by atoms with Crippen LogP contribution in [0.15, 0.2) is 17.0 Å². The van der Waals surface area contributed by atoms with Gasteiger partial charge in [-0.15, -0.1) is 0 Å². The molecule has 0 aromatic heterocycles. The minimum atomic E-state index is -4.13. The Morgan fingerprint density at radius 2 is 1.74 bits per heavy atom. The molecule has 1 aliphatic carbocycles. The summed E-state index contributed by atoms with van der Waals surface area (Å²) >= 11 is 0. The van der Waals surface area contributed by atoms with Crippen molar-refractivity contribution in [1.82, 2.24) is 0 Å². The maximum absolute atomic E-state index is 13.6. The summed E-state index contributed by atoms with van der Waals surface area (Å²) in [7, 11) is -4.13. The predicted molar refractivity (Wildman–Crippen MR) is 65.2 cm³/mol. The van der Waals surface area contributed by atoms with E-state index in [0.29, 0.717) is 18.1 Å². The molecule has 7 heteroatoms. The number of rotatable bonds is 4. The van der Waals surface area contributed by atoms with Gasteiger partial charge in [-0.1, -0.05) is 12.8 Å². The maximum atomic E-state index is 13.6. The van der Waals surface area contributed by atoms with Gasteiger partial charge in [-0.25, -0.2) is 22.3 Å². The molecule has 0 aliphatic heterocycles. The first-order valence-electron chi connectivity index (χ1n) is 6.02. The second-order valence-electron chi connectivity index (χ2n) is 4.72. The molecule has 19 heavy (non-hydrogen) atoms. The van der Waals surface area contributed by atoms with Crippen LogP contribution < -0.4 is 9.88 Å². The van der Waals surface area contributed by atoms with Crippen molar-refractivity contribution in [2.75, 3.05) is 6.61 Å². The third-order valence-corrected chi connectivity index (χ3v) is 4.13. The fourth-order valence-corrected chi connectivity index (χ4v) is 2.75. The van der Waals surface area contributed by atoms with E-state index >= 15 is 0 Å². The maximum Gasteiger partial charge on any atom is 0.238 e. The van der Waals surface area contributed by atoms with Crippen LogP contribution in [0.4, 0.5) is 8.78 Å². The Kier molecular flexibility index (Phi) is 4.05. The zero-order chi connectivity index (χ0) is 14.0. The zero-order valence-electron chi connectivity index (χ0n) is 10.2. The number of sulfonamides is 1. The Bertz CT molecular complexity index is 545. The highest BCUT2D eigenvalue weighted by Gasteiger charge is 2.20. The first-order valence-corrected chi connectivity index (χ1v) is 7.57. The molecular weight excluding hydrogens is 276 g/mol. The number of nitrogens with two attached hydrogens (primary N) is 1. The van der Waals surface area contributed by atoms with E-state index in [1.807, 2.05) is 0 Å². The van der Waals surface area contributed by atoms with Crippen molar-refractivity contribution in [2.24, 2.45) is 11.1 Å². The fraction of sp³-hybridized carbons (Fsp3) is 0.500. The Labute approximate surface area is 110 Å². The van der Waals surface area contributed by atoms with E-state index in [-0.39, 0.29) is 6.61 Å². The van der Waals surface area contributed by atoms with Crippen LogP contribution >= 0.6 is 0 Å². The number of primary sulfonamides is 1. The smallest absolute Gasteiger partial charge is 0.238 e. The Morgan fingerprint density at radius 3 is 2.21 bits per heavy atom. The number of hydrogen-bond acceptors (Lipinski definition) is 3. The molecule has 0 unspecified atom stereocenters. The summed E-state index contributed by atoms with van der Waals surface area (Å²) in [5.41, 5.74) is 0. The average molecular weight is 291 g/mol. The number of ether oxygens (including phenoxy) is 1. The highest BCUT2D eigenvalue weighted by molar-refractivity contribution is 7.89. The van der Waals surface area contributed by atoms with Crippen LogP contribution in [0.1, 0.15) is 25.7 Å². The molecule has 0 bridgehead atoms. The Hall–Kier alpha value is -1.21. The minimum Gasteiger partial charge on any atom is -0.487 e. The van der Waals surface area contributed by atoms with E-state index < -0.39 is 32.3 Å². The highest BCUT2D eigenvalue weighted by Crippen LogP contribution is 2.29. The van der Waals surface area contributed by atoms with E-state index in [9.17, 15) is 17.2 Å². The largest absolute Gasteiger partial charge is 0.487 e. The van der Waals surface area contributed by atoms with Crippen LogP contribution in [0.2, 0.25) is 0 Å². The lowest BCUT2D eigenvalue weighted by Crippen LogP contribution is -2.14. The van der Waals surface area contributed by atoms with E-state index in [2.05, 4.69) is 0 Å². The predicted octanol–water partition coefficient (Wildman–Crippen LogP) is 2.18. The summed E-state index contributed by atoms with van der Waals surface area (Å²) in [5, 5.41) is 4.82. The standard InChI is InChI=1S/C12H15F2NO3S/c13-10-5-9(19(15,16)17)6-11(14)12(10)18-7-8-3-1-2-4-8/h5-6,8H,1-4,7H2,(H2,15,16,17). The summed E-state index contributed by atoms with van der Waals surface area (Å²) in [6.07, 6.45) is 4.17. The number of benzene rings is 1. The van der Waals surface area contributed by atoms with Crippen LogP contribution in [-0.2, 0) is 10.0 Å². The van der Waals surface area contributed by atoms with Gasteiger partial charge in [0.2, 0.25) is 10.0 Å². The lowest BCUT2D eigenvalue weighted by molar-refractivity contribution is 0.231. The average Bonchev–Trinajstić information content (AvgIpc) is 2.79. The quantitative estimate of drug-likeness (QED) is 0.924. The molecule has 2 N–H and O–H groups in total. The zero-order valence-corrected chi connectivity index (χ0v) is 11.1. The van der Waals surface area contributed by atoms with Gasteiger partial charge in [-0.2, -0.15) is 0 Å². The van der Waals surface area contributed by atoms with Gasteiger partial charge in [0.1, 0.15) is 0 Å². The molecule has 0 spiro atoms. The van der Waals surface area contributed by atoms with Crippen molar-refractivity contribution >= 4 is 10.0 Å². The molecule has 1 aromatic rings. The van der Waals surface area contributed by atoms with Gasteiger partial charge in [0, 0.05) is 0 Å². The van der Waals surface area contributed by atoms with E-state index in [4.69, 9.17) is 9.88 Å². The van der Waals surface area contributed by atoms with Crippen LogP contribution in [0.3, 0.4) is 0 Å². The van der Waals surface area contributed by atoms with Gasteiger partial charge >= 0.3 is 0 Å². The fourth-order valence-electron chi connectivity index (χ4n) is 2.22. The van der Waals surface area contributed by atoms with Gasteiger partial charge in [0.05, 0.1) is 11.5 Å². The molecule has 0 radical (unpaired) electrons. The number of halogens is 2. The van der Waals surface area contributed by atoms with Gasteiger partial charge < -0.3 is 4.74 Å². The van der Waals surface area contributed by atoms with E-state index in [1.165, 1.54) is 0 Å². The van der Waals surface area contributed by atoms with Gasteiger partial charge in [-0.05, 0) is 30.9 Å². The minimum absolute atomic E-state index is 0.239. The first-order chi connectivity index (χ1) is 8.88. The van der Waals surface area contributed by atoms with Crippen LogP contribution in [0.25, 0.3) is 0 Å². The summed E-state index contributed by atoms with van der Waals surface area (Å²) in [5.74, 6) is -2.35. The van der Waals surface area contributed by atoms with Crippen LogP contribution in [0, 0.1) is 17.6 Å². The topological polar surface area (TPSA) is 69.4 Å². The van der Waals surface area contributed by atoms with Crippen LogP contribution in [0.5, 0.6) is 5.75 Å². The molecule has 0 amide bonds. The molecule has 1 aromatic carbocycles. The second-order valence-corrected chi connectivity index (χ2v) is 6.28. The van der Waals surface area contributed by atoms with Crippen molar-refractivity contribution in [3.63, 3.8) is 0 Å². The lowest BCUT2D eigenvalue weighted by Gasteiger charge is -2.13. The summed E-state index contributed by atoms with van der Waals surface area (Å²) in [4.78, 5) is -0.601. The molecule has 106 valence electrons. The van der Waals surface area contributed by atoms with E-state index in [1.54, 1.807) is 0 Å². The lowest BCUT2D eigenvalue weighted by atomic mass is 10.1. The van der Waals surface area contributed by atoms with Crippen LogP contribution in [-0.4, -0.2) is 15.0 Å². The Morgan fingerprint density at radius 1 is 1.21 bits per heavy atom. The monoisotopic (exact) mass is 291 g/mol. The summed E-state index contributed by atoms with van der Waals surface area (Å²) < 4.78 is 54.4. The summed E-state index contributed by atoms with van der Waals surface area (Å²) in [6.45, 7) is 0.239. The van der Waals surface area contributed by atoms with Crippen molar-refractivity contribution in [1.29, 1.82) is 0 Å². The molecule has 1 fully saturated rings. The van der Waals surface area contributed by atoms with Crippen molar-refractivity contribution < 1.29 is 21.9 Å². The molecule has 0 saturated heterocycles. The normalized spacial score (nSPS) is 16.8. The molecule has 1 aliphatic rings.